The lowest BCUT2D eigenvalue weighted by molar-refractivity contribution is -0.0505. The van der Waals surface area contributed by atoms with Crippen molar-refractivity contribution in [1.29, 1.82) is 0 Å². The average Bonchev–Trinajstić information content (AvgIpc) is 3.32. The molecule has 4 aromatic carbocycles. The van der Waals surface area contributed by atoms with E-state index < -0.39 is 13.2 Å². The van der Waals surface area contributed by atoms with Crippen LogP contribution in [0.5, 0.6) is 11.5 Å². The molecular weight excluding hydrogens is 825 g/mol. The third-order valence-electron chi connectivity index (χ3n) is 11.3. The van der Waals surface area contributed by atoms with E-state index in [9.17, 15) is 17.6 Å². The van der Waals surface area contributed by atoms with Crippen LogP contribution in [0.25, 0.3) is 46.1 Å². The summed E-state index contributed by atoms with van der Waals surface area (Å²) in [4.78, 5) is 18.8. The molecule has 0 atom stereocenters. The van der Waals surface area contributed by atoms with Crippen LogP contribution in [-0.4, -0.2) is 33.2 Å². The van der Waals surface area contributed by atoms with E-state index in [-0.39, 0.29) is 11.5 Å². The maximum Gasteiger partial charge on any atom is 0.387 e. The summed E-state index contributed by atoms with van der Waals surface area (Å²) in [5.74, 6) is 1.34. The molecule has 0 amide bonds. The summed E-state index contributed by atoms with van der Waals surface area (Å²) >= 11 is 0. The van der Waals surface area contributed by atoms with Crippen LogP contribution in [-0.2, 0) is 12.8 Å². The van der Waals surface area contributed by atoms with Crippen LogP contribution in [0.2, 0.25) is 0 Å². The largest absolute Gasteiger partial charge is 0.435 e. The lowest BCUT2D eigenvalue weighted by Gasteiger charge is -2.16. The van der Waals surface area contributed by atoms with Crippen molar-refractivity contribution >= 4 is 23.3 Å². The summed E-state index contributed by atoms with van der Waals surface area (Å²) in [5, 5.41) is 0. The van der Waals surface area contributed by atoms with Gasteiger partial charge >= 0.3 is 13.2 Å². The molecule has 0 aliphatic heterocycles. The highest BCUT2D eigenvalue weighted by molar-refractivity contribution is 6.16. The lowest BCUT2D eigenvalue weighted by atomic mass is 9.88. The van der Waals surface area contributed by atoms with Crippen LogP contribution in [0.3, 0.4) is 0 Å². The van der Waals surface area contributed by atoms with Crippen LogP contribution in [0, 0.1) is 0 Å². The predicted molar refractivity (Wildman–Crippen MR) is 256 cm³/mol. The Balaban J connectivity index is 1.31. The molecule has 65 heavy (non-hydrogen) atoms. The number of alkyl halides is 4. The van der Waals surface area contributed by atoms with E-state index in [0.717, 1.165) is 81.3 Å². The second-order valence-electron chi connectivity index (χ2n) is 16.4. The van der Waals surface area contributed by atoms with Gasteiger partial charge in [-0.3, -0.25) is 0 Å². The number of ether oxygens (including phenoxy) is 2. The van der Waals surface area contributed by atoms with Crippen molar-refractivity contribution in [3.8, 4) is 34.3 Å². The van der Waals surface area contributed by atoms with Gasteiger partial charge in [-0.25, -0.2) is 19.9 Å². The molecule has 0 aliphatic rings. The van der Waals surface area contributed by atoms with Crippen LogP contribution in [0.1, 0.15) is 131 Å². The zero-order valence-corrected chi connectivity index (χ0v) is 37.6. The number of rotatable bonds is 26. The summed E-state index contributed by atoms with van der Waals surface area (Å²) in [6.45, 7) is -1.43. The molecule has 2 heterocycles. The highest BCUT2D eigenvalue weighted by atomic mass is 19.3. The molecule has 0 saturated heterocycles. The molecule has 6 rings (SSSR count). The number of hydrogen-bond acceptors (Lipinski definition) is 6. The van der Waals surface area contributed by atoms with Crippen molar-refractivity contribution in [1.82, 2.24) is 19.9 Å². The molecule has 0 unspecified atom stereocenters. The Kier molecular flexibility index (Phi) is 19.3. The molecular formula is C55H60F4N4O2. The Morgan fingerprint density at radius 2 is 0.754 bits per heavy atom. The summed E-state index contributed by atoms with van der Waals surface area (Å²) in [7, 11) is 0. The lowest BCUT2D eigenvalue weighted by Crippen LogP contribution is -2.01. The van der Waals surface area contributed by atoms with Crippen LogP contribution < -0.4 is 9.47 Å². The average molecular weight is 885 g/mol. The maximum atomic E-state index is 13.1. The number of aromatic nitrogens is 4. The topological polar surface area (TPSA) is 70.0 Å². The Labute approximate surface area is 381 Å². The minimum atomic E-state index is -2.95. The molecule has 0 spiro atoms. The van der Waals surface area contributed by atoms with Crippen LogP contribution in [0.4, 0.5) is 17.6 Å². The normalized spacial score (nSPS) is 12.0. The van der Waals surface area contributed by atoms with E-state index in [2.05, 4.69) is 23.3 Å². The van der Waals surface area contributed by atoms with Crippen molar-refractivity contribution in [3.63, 3.8) is 0 Å². The van der Waals surface area contributed by atoms with E-state index >= 15 is 0 Å². The van der Waals surface area contributed by atoms with Gasteiger partial charge in [0.1, 0.15) is 11.5 Å². The first-order valence-corrected chi connectivity index (χ1v) is 23.1. The fourth-order valence-electron chi connectivity index (χ4n) is 7.72. The zero-order chi connectivity index (χ0) is 45.6. The minimum Gasteiger partial charge on any atom is -0.435 e. The van der Waals surface area contributed by atoms with Crippen molar-refractivity contribution < 1.29 is 27.0 Å². The van der Waals surface area contributed by atoms with Gasteiger partial charge in [0, 0.05) is 35.9 Å². The summed E-state index contributed by atoms with van der Waals surface area (Å²) < 4.78 is 61.5. The summed E-state index contributed by atoms with van der Waals surface area (Å²) in [6, 6.07) is 28.9. The third-order valence-corrected chi connectivity index (χ3v) is 11.3. The smallest absolute Gasteiger partial charge is 0.387 e. The number of aryl methyl sites for hydroxylation is 2. The van der Waals surface area contributed by atoms with Crippen molar-refractivity contribution in [2.24, 2.45) is 0 Å². The highest BCUT2D eigenvalue weighted by Crippen LogP contribution is 2.37. The third kappa shape index (κ3) is 15.8. The van der Waals surface area contributed by atoms with Gasteiger partial charge in [0.15, 0.2) is 11.6 Å². The highest BCUT2D eigenvalue weighted by Gasteiger charge is 2.15. The Hall–Kier alpha value is -6.16. The van der Waals surface area contributed by atoms with Gasteiger partial charge in [-0.2, -0.15) is 17.6 Å². The molecule has 10 heteroatoms. The number of hydrogen-bond donors (Lipinski definition) is 0. The van der Waals surface area contributed by atoms with Gasteiger partial charge < -0.3 is 9.47 Å². The SMILES string of the molecule is CCCCCCCCCc1cnc(-c2ccc(C(=Cc3ccc(OC(F)F)cc3)C(=Cc3ccc(OC(F)F)cc3)c3ccc(-c4ncc(CCCCCCCC)cn4)cc3)cc2)nc1. The molecule has 0 radical (unpaired) electrons. The summed E-state index contributed by atoms with van der Waals surface area (Å²) in [6.07, 6.45) is 29.6. The van der Waals surface area contributed by atoms with Gasteiger partial charge in [-0.1, -0.05) is 157 Å². The van der Waals surface area contributed by atoms with Gasteiger partial charge in [0.25, 0.3) is 0 Å². The standard InChI is InChI=1S/C55H60F4N4O2/c1-3-5-7-9-11-13-15-17-43-38-62-53(63-39-43)47-28-24-45(25-29-47)51(35-41-20-32-49(33-21-41)65-55(58)59)50(34-40-18-30-48(31-19-40)64-54(56)57)44-22-26-46(27-23-44)52-60-36-42(37-61-52)16-14-12-10-8-6-4-2/h18-39,54-55H,3-17H2,1-2H3. The number of nitrogens with zero attached hydrogens (tertiary/aromatic N) is 4. The van der Waals surface area contributed by atoms with Gasteiger partial charge in [0.2, 0.25) is 0 Å². The van der Waals surface area contributed by atoms with E-state index in [1.54, 1.807) is 24.3 Å². The van der Waals surface area contributed by atoms with Gasteiger partial charge in [-0.05, 0) is 107 Å². The molecule has 0 N–H and O–H groups in total. The van der Waals surface area contributed by atoms with Gasteiger partial charge in [-0.15, -0.1) is 0 Å². The molecule has 340 valence electrons. The molecule has 0 fully saturated rings. The van der Waals surface area contributed by atoms with Crippen molar-refractivity contribution in [2.75, 3.05) is 0 Å². The molecule has 0 bridgehead atoms. The van der Waals surface area contributed by atoms with Crippen molar-refractivity contribution in [2.45, 2.75) is 123 Å². The van der Waals surface area contributed by atoms with Crippen LogP contribution in [0.15, 0.2) is 122 Å². The summed E-state index contributed by atoms with van der Waals surface area (Å²) in [5.41, 5.74) is 8.75. The second-order valence-corrected chi connectivity index (χ2v) is 16.4. The second kappa shape index (κ2) is 26.0. The molecule has 0 saturated carbocycles. The first-order valence-electron chi connectivity index (χ1n) is 23.1. The number of allylic oxidation sites excluding steroid dienone is 2. The number of unbranched alkanes of at least 4 members (excludes halogenated alkanes) is 11. The van der Waals surface area contributed by atoms with E-state index in [4.69, 9.17) is 19.9 Å². The monoisotopic (exact) mass is 884 g/mol. The van der Waals surface area contributed by atoms with E-state index in [0.29, 0.717) is 11.6 Å². The molecule has 6 nitrogen and oxygen atoms in total. The molecule has 0 aliphatic carbocycles. The fourth-order valence-corrected chi connectivity index (χ4v) is 7.72. The minimum absolute atomic E-state index is 0.0477. The van der Waals surface area contributed by atoms with Gasteiger partial charge in [0.05, 0.1) is 0 Å². The first kappa shape index (κ1) is 48.3. The maximum absolute atomic E-state index is 13.1. The fraction of sp³-hybridized carbons (Fsp3) is 0.345. The molecule has 6 aromatic rings. The Morgan fingerprint density at radius 1 is 0.431 bits per heavy atom. The van der Waals surface area contributed by atoms with E-state index in [1.165, 1.54) is 94.9 Å². The van der Waals surface area contributed by atoms with E-state index in [1.807, 2.05) is 85.5 Å². The molecule has 2 aromatic heterocycles. The number of halogens is 4. The quantitative estimate of drug-likeness (QED) is 0.0234. The number of benzene rings is 4. The Morgan fingerprint density at radius 3 is 1.08 bits per heavy atom. The first-order chi connectivity index (χ1) is 31.8. The Bertz CT molecular complexity index is 2350. The van der Waals surface area contributed by atoms with Crippen LogP contribution >= 0.6 is 0 Å². The van der Waals surface area contributed by atoms with Crippen molar-refractivity contribution in [3.05, 3.63) is 155 Å². The zero-order valence-electron chi connectivity index (χ0n) is 37.6. The predicted octanol–water partition coefficient (Wildman–Crippen LogP) is 15.8.